The Kier molecular flexibility index (Phi) is 7.23. The van der Waals surface area contributed by atoms with Crippen molar-refractivity contribution in [3.05, 3.63) is 0 Å². The topological polar surface area (TPSA) is 50.8 Å². The lowest BCUT2D eigenvalue weighted by Crippen LogP contribution is -2.48. The van der Waals surface area contributed by atoms with E-state index in [-0.39, 0.29) is 18.6 Å². The van der Waals surface area contributed by atoms with Crippen LogP contribution in [-0.4, -0.2) is 62.9 Å². The second kappa shape index (κ2) is 8.45. The number of hydrogen-bond donors (Lipinski definition) is 1. The Morgan fingerprint density at radius 1 is 1.56 bits per heavy atom. The Balaban J connectivity index is 2.19. The van der Waals surface area contributed by atoms with E-state index in [9.17, 15) is 4.79 Å². The van der Waals surface area contributed by atoms with E-state index in [4.69, 9.17) is 9.47 Å². The molecule has 1 aliphatic heterocycles. The number of hydrogen-bond acceptors (Lipinski definition) is 4. The van der Waals surface area contributed by atoms with Crippen LogP contribution in [0.3, 0.4) is 0 Å². The van der Waals surface area contributed by atoms with Gasteiger partial charge in [-0.25, -0.2) is 0 Å². The summed E-state index contributed by atoms with van der Waals surface area (Å²) in [5, 5.41) is 2.85. The minimum atomic E-state index is -0.0681. The number of amides is 1. The first-order chi connectivity index (χ1) is 8.61. The van der Waals surface area contributed by atoms with Gasteiger partial charge >= 0.3 is 0 Å². The largest absolute Gasteiger partial charge is 0.374 e. The van der Waals surface area contributed by atoms with Crippen molar-refractivity contribution >= 4 is 5.91 Å². The van der Waals surface area contributed by atoms with Crippen LogP contribution in [0.15, 0.2) is 0 Å². The zero-order chi connectivity index (χ0) is 13.4. The summed E-state index contributed by atoms with van der Waals surface area (Å²) in [4.78, 5) is 13.8. The van der Waals surface area contributed by atoms with Crippen LogP contribution < -0.4 is 5.32 Å². The summed E-state index contributed by atoms with van der Waals surface area (Å²) in [7, 11) is 0. The molecule has 1 N–H and O–H groups in total. The van der Waals surface area contributed by atoms with Gasteiger partial charge in [0.25, 0.3) is 0 Å². The molecule has 5 nitrogen and oxygen atoms in total. The zero-order valence-corrected chi connectivity index (χ0v) is 11.8. The van der Waals surface area contributed by atoms with Crippen LogP contribution in [-0.2, 0) is 14.3 Å². The molecule has 1 fully saturated rings. The molecule has 0 aromatic heterocycles. The van der Waals surface area contributed by atoms with Gasteiger partial charge in [0.2, 0.25) is 5.91 Å². The van der Waals surface area contributed by atoms with E-state index in [1.165, 1.54) is 0 Å². The lowest BCUT2D eigenvalue weighted by atomic mass is 10.2. The predicted molar refractivity (Wildman–Crippen MR) is 70.5 cm³/mol. The molecule has 0 spiro atoms. The molecule has 1 saturated heterocycles. The molecule has 1 heterocycles. The summed E-state index contributed by atoms with van der Waals surface area (Å²) in [5.41, 5.74) is 0. The average molecular weight is 258 g/mol. The number of carbonyl (C=O) groups excluding carboxylic acids is 1. The zero-order valence-electron chi connectivity index (χ0n) is 11.8. The summed E-state index contributed by atoms with van der Waals surface area (Å²) < 4.78 is 10.7. The van der Waals surface area contributed by atoms with E-state index in [1.807, 2.05) is 6.92 Å². The van der Waals surface area contributed by atoms with Crippen LogP contribution >= 0.6 is 0 Å². The molecule has 1 rings (SSSR count). The summed E-state index contributed by atoms with van der Waals surface area (Å²) in [6, 6.07) is 0. The minimum Gasteiger partial charge on any atom is -0.374 e. The second-order valence-corrected chi connectivity index (χ2v) is 5.09. The van der Waals surface area contributed by atoms with Crippen molar-refractivity contribution in [1.82, 2.24) is 10.2 Å². The lowest BCUT2D eigenvalue weighted by molar-refractivity contribution is -0.126. The van der Waals surface area contributed by atoms with Gasteiger partial charge in [0, 0.05) is 32.8 Å². The molecular formula is C13H26N2O3. The fourth-order valence-corrected chi connectivity index (χ4v) is 2.06. The highest BCUT2D eigenvalue weighted by atomic mass is 16.5. The van der Waals surface area contributed by atoms with Crippen molar-refractivity contribution in [2.45, 2.75) is 26.9 Å². The molecule has 1 amide bonds. The standard InChI is InChI=1S/C13H26N2O3/c1-4-17-10-13(16)14-7-12-9-15(5-6-18-12)8-11(2)3/h11-12H,4-10H2,1-3H3,(H,14,16). The van der Waals surface area contributed by atoms with Gasteiger partial charge in [-0.1, -0.05) is 13.8 Å². The van der Waals surface area contributed by atoms with Crippen molar-refractivity contribution < 1.29 is 14.3 Å². The van der Waals surface area contributed by atoms with Crippen molar-refractivity contribution in [3.8, 4) is 0 Å². The number of carbonyl (C=O) groups is 1. The van der Waals surface area contributed by atoms with Gasteiger partial charge < -0.3 is 14.8 Å². The Morgan fingerprint density at radius 2 is 2.33 bits per heavy atom. The van der Waals surface area contributed by atoms with Crippen LogP contribution in [0, 0.1) is 5.92 Å². The Bertz CT molecular complexity index is 246. The van der Waals surface area contributed by atoms with Crippen molar-refractivity contribution in [3.63, 3.8) is 0 Å². The van der Waals surface area contributed by atoms with Crippen LogP contribution in [0.2, 0.25) is 0 Å². The predicted octanol–water partition coefficient (Wildman–Crippen LogP) is 0.496. The highest BCUT2D eigenvalue weighted by Gasteiger charge is 2.21. The van der Waals surface area contributed by atoms with Crippen LogP contribution in [0.25, 0.3) is 0 Å². The molecule has 1 atom stereocenters. The first kappa shape index (κ1) is 15.4. The molecule has 0 aromatic carbocycles. The number of rotatable bonds is 7. The van der Waals surface area contributed by atoms with E-state index in [1.54, 1.807) is 0 Å². The monoisotopic (exact) mass is 258 g/mol. The van der Waals surface area contributed by atoms with Crippen molar-refractivity contribution in [2.75, 3.05) is 46.0 Å². The maximum atomic E-state index is 11.4. The number of nitrogens with zero attached hydrogens (tertiary/aromatic N) is 1. The molecule has 106 valence electrons. The molecule has 0 bridgehead atoms. The third kappa shape index (κ3) is 6.33. The highest BCUT2D eigenvalue weighted by molar-refractivity contribution is 5.77. The maximum Gasteiger partial charge on any atom is 0.246 e. The van der Waals surface area contributed by atoms with Gasteiger partial charge in [-0.05, 0) is 12.8 Å². The first-order valence-corrected chi connectivity index (χ1v) is 6.80. The molecule has 18 heavy (non-hydrogen) atoms. The van der Waals surface area contributed by atoms with Gasteiger partial charge in [0.15, 0.2) is 0 Å². The lowest BCUT2D eigenvalue weighted by Gasteiger charge is -2.33. The normalized spacial score (nSPS) is 21.2. The van der Waals surface area contributed by atoms with Gasteiger partial charge in [0.05, 0.1) is 12.7 Å². The van der Waals surface area contributed by atoms with Crippen molar-refractivity contribution in [1.29, 1.82) is 0 Å². The van der Waals surface area contributed by atoms with E-state index >= 15 is 0 Å². The molecule has 0 radical (unpaired) electrons. The summed E-state index contributed by atoms with van der Waals surface area (Å²) in [6.45, 7) is 11.3. The van der Waals surface area contributed by atoms with Crippen molar-refractivity contribution in [2.24, 2.45) is 5.92 Å². The minimum absolute atomic E-state index is 0.0681. The Morgan fingerprint density at radius 3 is 3.00 bits per heavy atom. The SMILES string of the molecule is CCOCC(=O)NCC1CN(CC(C)C)CCO1. The fraction of sp³-hybridized carbons (Fsp3) is 0.923. The molecule has 0 saturated carbocycles. The van der Waals surface area contributed by atoms with Crippen LogP contribution in [0.1, 0.15) is 20.8 Å². The average Bonchev–Trinajstić information content (AvgIpc) is 2.33. The van der Waals surface area contributed by atoms with E-state index < -0.39 is 0 Å². The van der Waals surface area contributed by atoms with E-state index in [2.05, 4.69) is 24.1 Å². The number of nitrogens with one attached hydrogen (secondary N) is 1. The summed E-state index contributed by atoms with van der Waals surface area (Å²) in [5.74, 6) is 0.595. The first-order valence-electron chi connectivity index (χ1n) is 6.80. The Labute approximate surface area is 110 Å². The molecule has 5 heteroatoms. The van der Waals surface area contributed by atoms with Crippen LogP contribution in [0.4, 0.5) is 0 Å². The molecule has 1 unspecified atom stereocenters. The second-order valence-electron chi connectivity index (χ2n) is 5.09. The molecule has 0 aromatic rings. The maximum absolute atomic E-state index is 11.4. The quantitative estimate of drug-likeness (QED) is 0.722. The Hall–Kier alpha value is -0.650. The van der Waals surface area contributed by atoms with Gasteiger partial charge in [-0.3, -0.25) is 9.69 Å². The fourth-order valence-electron chi connectivity index (χ4n) is 2.06. The number of morpholine rings is 1. The molecule has 0 aliphatic carbocycles. The highest BCUT2D eigenvalue weighted by Crippen LogP contribution is 2.07. The summed E-state index contributed by atoms with van der Waals surface area (Å²) in [6.07, 6.45) is 0.100. The van der Waals surface area contributed by atoms with Gasteiger partial charge in [0.1, 0.15) is 6.61 Å². The van der Waals surface area contributed by atoms with E-state index in [0.717, 1.165) is 26.2 Å². The molecular weight excluding hydrogens is 232 g/mol. The third-order valence-corrected chi connectivity index (χ3v) is 2.81. The van der Waals surface area contributed by atoms with E-state index in [0.29, 0.717) is 19.1 Å². The smallest absolute Gasteiger partial charge is 0.246 e. The molecule has 1 aliphatic rings. The van der Waals surface area contributed by atoms with Gasteiger partial charge in [-0.2, -0.15) is 0 Å². The van der Waals surface area contributed by atoms with Crippen LogP contribution in [0.5, 0.6) is 0 Å². The third-order valence-electron chi connectivity index (χ3n) is 2.81. The van der Waals surface area contributed by atoms with Gasteiger partial charge in [-0.15, -0.1) is 0 Å². The summed E-state index contributed by atoms with van der Waals surface area (Å²) >= 11 is 0. The number of ether oxygens (including phenoxy) is 2.